The molecule has 2 fully saturated rings. The number of hydrogen-bond acceptors (Lipinski definition) is 7. The Kier molecular flexibility index (Phi) is 6.51. The van der Waals surface area contributed by atoms with Crippen LogP contribution in [0.25, 0.3) is 5.57 Å². The van der Waals surface area contributed by atoms with E-state index >= 15 is 0 Å². The maximum absolute atomic E-state index is 11.5. The number of piperazine rings is 1. The van der Waals surface area contributed by atoms with Gasteiger partial charge in [-0.1, -0.05) is 12.8 Å². The first-order valence-corrected chi connectivity index (χ1v) is 9.79. The zero-order valence-corrected chi connectivity index (χ0v) is 16.6. The fourth-order valence-electron chi connectivity index (χ4n) is 4.30. The molecule has 0 aromatic heterocycles. The monoisotopic (exact) mass is 387 g/mol. The van der Waals surface area contributed by atoms with Crippen LogP contribution in [0, 0.1) is 10.1 Å². The molecule has 1 aromatic rings. The van der Waals surface area contributed by atoms with Crippen LogP contribution in [0.4, 0.5) is 11.4 Å². The standard InChI is InChI=1S/C20H29N5O3/c1-22-14-15(13-21)17-11-19(25(26)27)20(28-2)12-18(17)24-9-7-23(8-10-24)16-5-3-4-6-16/h11-14,16H,3-10,21H2,1-2H3. The summed E-state index contributed by atoms with van der Waals surface area (Å²) >= 11 is 0. The summed E-state index contributed by atoms with van der Waals surface area (Å²) in [7, 11) is 3.11. The first kappa shape index (κ1) is 20.1. The topological polar surface area (TPSA) is 97.2 Å². The molecule has 0 radical (unpaired) electrons. The summed E-state index contributed by atoms with van der Waals surface area (Å²) < 4.78 is 5.31. The summed E-state index contributed by atoms with van der Waals surface area (Å²) in [5.74, 6) is 0.256. The van der Waals surface area contributed by atoms with Gasteiger partial charge in [0.05, 0.1) is 12.0 Å². The minimum Gasteiger partial charge on any atom is -0.490 e. The van der Waals surface area contributed by atoms with Crippen molar-refractivity contribution in [3.63, 3.8) is 0 Å². The van der Waals surface area contributed by atoms with Crippen molar-refractivity contribution in [2.24, 2.45) is 10.7 Å². The summed E-state index contributed by atoms with van der Waals surface area (Å²) in [6, 6.07) is 4.00. The van der Waals surface area contributed by atoms with Crippen LogP contribution in [0.1, 0.15) is 31.2 Å². The van der Waals surface area contributed by atoms with Gasteiger partial charge < -0.3 is 15.4 Å². The normalized spacial score (nSPS) is 19.5. The Morgan fingerprint density at radius 3 is 2.50 bits per heavy atom. The van der Waals surface area contributed by atoms with E-state index in [0.29, 0.717) is 17.2 Å². The predicted molar refractivity (Wildman–Crippen MR) is 112 cm³/mol. The molecule has 0 bridgehead atoms. The summed E-state index contributed by atoms with van der Waals surface area (Å²) in [4.78, 5) is 20.0. The Morgan fingerprint density at radius 1 is 1.29 bits per heavy atom. The third-order valence-electron chi connectivity index (χ3n) is 5.75. The Hall–Kier alpha value is -2.61. The summed E-state index contributed by atoms with van der Waals surface area (Å²) in [6.07, 6.45) is 8.32. The maximum atomic E-state index is 11.5. The highest BCUT2D eigenvalue weighted by Gasteiger charge is 2.29. The average molecular weight is 387 g/mol. The molecule has 8 heteroatoms. The van der Waals surface area contributed by atoms with Gasteiger partial charge in [-0.25, -0.2) is 0 Å². The van der Waals surface area contributed by atoms with Gasteiger partial charge in [0, 0.05) is 80.6 Å². The van der Waals surface area contributed by atoms with Gasteiger partial charge in [-0.2, -0.15) is 0 Å². The largest absolute Gasteiger partial charge is 0.490 e. The quantitative estimate of drug-likeness (QED) is 0.458. The Morgan fingerprint density at radius 2 is 1.96 bits per heavy atom. The van der Waals surface area contributed by atoms with Crippen LogP contribution in [0.3, 0.4) is 0 Å². The van der Waals surface area contributed by atoms with Crippen LogP contribution >= 0.6 is 0 Å². The van der Waals surface area contributed by atoms with E-state index < -0.39 is 4.92 Å². The maximum Gasteiger partial charge on any atom is 0.311 e. The lowest BCUT2D eigenvalue weighted by Gasteiger charge is -2.39. The molecule has 1 saturated carbocycles. The van der Waals surface area contributed by atoms with Crippen molar-refractivity contribution in [2.45, 2.75) is 31.7 Å². The average Bonchev–Trinajstić information content (AvgIpc) is 3.26. The first-order chi connectivity index (χ1) is 13.6. The van der Waals surface area contributed by atoms with Crippen LogP contribution < -0.4 is 15.4 Å². The minimum absolute atomic E-state index is 0.0744. The molecule has 1 saturated heterocycles. The second-order valence-electron chi connectivity index (χ2n) is 7.27. The summed E-state index contributed by atoms with van der Waals surface area (Å²) in [6.45, 7) is 3.72. The lowest BCUT2D eigenvalue weighted by atomic mass is 10.0. The van der Waals surface area contributed by atoms with Gasteiger partial charge in [0.15, 0.2) is 5.75 Å². The first-order valence-electron chi connectivity index (χ1n) is 9.79. The van der Waals surface area contributed by atoms with E-state index in [-0.39, 0.29) is 11.4 Å². The molecular weight excluding hydrogens is 358 g/mol. The molecule has 152 valence electrons. The zero-order chi connectivity index (χ0) is 20.1. The molecule has 28 heavy (non-hydrogen) atoms. The van der Waals surface area contributed by atoms with Crippen molar-refractivity contribution in [3.05, 3.63) is 34.0 Å². The molecule has 1 aliphatic carbocycles. The number of rotatable bonds is 6. The van der Waals surface area contributed by atoms with Crippen LogP contribution in [-0.2, 0) is 0 Å². The SMILES string of the molecule is CN=CC(=CN)c1cc([N+](=O)[O-])c(OC)cc1N1CCN(C2CCCC2)CC1. The second-order valence-corrected chi connectivity index (χ2v) is 7.27. The van der Waals surface area contributed by atoms with E-state index in [1.807, 2.05) is 0 Å². The van der Waals surface area contributed by atoms with Crippen molar-refractivity contribution < 1.29 is 9.66 Å². The van der Waals surface area contributed by atoms with Gasteiger partial charge in [-0.15, -0.1) is 0 Å². The number of nitro benzene ring substituents is 1. The lowest BCUT2D eigenvalue weighted by molar-refractivity contribution is -0.385. The number of benzene rings is 1. The van der Waals surface area contributed by atoms with E-state index in [2.05, 4.69) is 14.8 Å². The fraction of sp³-hybridized carbons (Fsp3) is 0.550. The highest BCUT2D eigenvalue weighted by atomic mass is 16.6. The van der Waals surface area contributed by atoms with E-state index in [1.54, 1.807) is 19.3 Å². The molecule has 3 rings (SSSR count). The fourth-order valence-corrected chi connectivity index (χ4v) is 4.30. The van der Waals surface area contributed by atoms with Gasteiger partial charge in [0.1, 0.15) is 0 Å². The number of nitrogens with two attached hydrogens (primary N) is 1. The third kappa shape index (κ3) is 4.11. The molecule has 0 spiro atoms. The molecule has 0 amide bonds. The van der Waals surface area contributed by atoms with Crippen LogP contribution in [0.2, 0.25) is 0 Å². The number of nitrogens with zero attached hydrogens (tertiary/aromatic N) is 4. The molecule has 8 nitrogen and oxygen atoms in total. The smallest absolute Gasteiger partial charge is 0.311 e. The molecule has 0 unspecified atom stereocenters. The van der Waals surface area contributed by atoms with E-state index in [0.717, 1.165) is 31.9 Å². The molecule has 1 aliphatic heterocycles. The Balaban J connectivity index is 1.93. The minimum atomic E-state index is -0.429. The van der Waals surface area contributed by atoms with Crippen molar-refractivity contribution in [1.29, 1.82) is 0 Å². The van der Waals surface area contributed by atoms with E-state index in [1.165, 1.54) is 45.1 Å². The van der Waals surface area contributed by atoms with Crippen molar-refractivity contribution in [2.75, 3.05) is 45.2 Å². The van der Waals surface area contributed by atoms with Crippen LogP contribution in [0.5, 0.6) is 5.75 Å². The van der Waals surface area contributed by atoms with Crippen molar-refractivity contribution in [3.8, 4) is 5.75 Å². The lowest BCUT2D eigenvalue weighted by Crippen LogP contribution is -2.50. The van der Waals surface area contributed by atoms with E-state index in [9.17, 15) is 10.1 Å². The van der Waals surface area contributed by atoms with Gasteiger partial charge >= 0.3 is 5.69 Å². The van der Waals surface area contributed by atoms with Gasteiger partial charge in [0.25, 0.3) is 0 Å². The number of anilines is 1. The second kappa shape index (κ2) is 9.05. The molecule has 0 atom stereocenters. The number of ether oxygens (including phenoxy) is 1. The number of aliphatic imine (C=N–C) groups is 1. The summed E-state index contributed by atoms with van der Waals surface area (Å²) in [5.41, 5.74) is 7.99. The molecular formula is C20H29N5O3. The van der Waals surface area contributed by atoms with Crippen LogP contribution in [0.15, 0.2) is 23.3 Å². The number of methoxy groups -OCH3 is 1. The predicted octanol–water partition coefficient (Wildman–Crippen LogP) is 2.67. The van der Waals surface area contributed by atoms with Gasteiger partial charge in [-0.05, 0) is 12.8 Å². The highest BCUT2D eigenvalue weighted by Crippen LogP contribution is 2.38. The highest BCUT2D eigenvalue weighted by molar-refractivity contribution is 6.12. The molecule has 1 aromatic carbocycles. The van der Waals surface area contributed by atoms with Crippen molar-refractivity contribution >= 4 is 23.2 Å². The number of hydrogen-bond donors (Lipinski definition) is 1. The van der Waals surface area contributed by atoms with Crippen molar-refractivity contribution in [1.82, 2.24) is 4.90 Å². The number of nitro groups is 1. The Bertz CT molecular complexity index is 763. The number of allylic oxidation sites excluding steroid dienone is 1. The summed E-state index contributed by atoms with van der Waals surface area (Å²) in [5, 5.41) is 11.5. The van der Waals surface area contributed by atoms with Gasteiger partial charge in [0.2, 0.25) is 0 Å². The Labute approximate surface area is 165 Å². The van der Waals surface area contributed by atoms with Crippen LogP contribution in [-0.4, -0.2) is 62.4 Å². The van der Waals surface area contributed by atoms with E-state index in [4.69, 9.17) is 10.5 Å². The molecule has 2 aliphatic rings. The molecule has 2 N–H and O–H groups in total. The van der Waals surface area contributed by atoms with Gasteiger partial charge in [-0.3, -0.25) is 20.0 Å². The zero-order valence-electron chi connectivity index (χ0n) is 16.6. The third-order valence-corrected chi connectivity index (χ3v) is 5.75. The molecule has 1 heterocycles.